The first kappa shape index (κ1) is 15.6. The van der Waals surface area contributed by atoms with E-state index >= 15 is 0 Å². The van der Waals surface area contributed by atoms with Gasteiger partial charge in [0.1, 0.15) is 17.9 Å². The Hall–Kier alpha value is -3.32. The third-order valence-electron chi connectivity index (χ3n) is 3.76. The van der Waals surface area contributed by atoms with Gasteiger partial charge in [-0.2, -0.15) is 5.26 Å². The van der Waals surface area contributed by atoms with Crippen molar-refractivity contribution in [3.63, 3.8) is 0 Å². The van der Waals surface area contributed by atoms with E-state index < -0.39 is 5.97 Å². The average Bonchev–Trinajstić information content (AvgIpc) is 3.06. The number of esters is 1. The number of carbonyl (C=O) groups excluding carboxylic acids is 1. The van der Waals surface area contributed by atoms with Crippen LogP contribution in [0.2, 0.25) is 0 Å². The fourth-order valence-electron chi connectivity index (χ4n) is 2.44. The number of furan rings is 1. The van der Waals surface area contributed by atoms with E-state index in [0.717, 1.165) is 16.7 Å². The van der Waals surface area contributed by atoms with Crippen LogP contribution >= 0.6 is 0 Å². The second-order valence-corrected chi connectivity index (χ2v) is 5.32. The lowest BCUT2D eigenvalue weighted by Crippen LogP contribution is -2.05. The van der Waals surface area contributed by atoms with Gasteiger partial charge < -0.3 is 9.15 Å². The van der Waals surface area contributed by atoms with Gasteiger partial charge >= 0.3 is 5.97 Å². The molecule has 3 aromatic rings. The predicted molar refractivity (Wildman–Crippen MR) is 89.2 cm³/mol. The van der Waals surface area contributed by atoms with Gasteiger partial charge in [-0.1, -0.05) is 42.5 Å². The molecule has 0 unspecified atom stereocenters. The predicted octanol–water partition coefficient (Wildman–Crippen LogP) is 4.48. The quantitative estimate of drug-likeness (QED) is 0.665. The largest absolute Gasteiger partial charge is 0.469 e. The van der Waals surface area contributed by atoms with Crippen molar-refractivity contribution in [2.24, 2.45) is 0 Å². The fourth-order valence-corrected chi connectivity index (χ4v) is 2.44. The van der Waals surface area contributed by atoms with E-state index in [1.807, 2.05) is 42.5 Å². The number of ether oxygens (including phenoxy) is 1. The third-order valence-corrected chi connectivity index (χ3v) is 3.76. The normalized spacial score (nSPS) is 10.2. The molecular formula is C20H15NO3. The molecule has 0 fully saturated rings. The third kappa shape index (κ3) is 3.21. The summed E-state index contributed by atoms with van der Waals surface area (Å²) < 4.78 is 10.4. The van der Waals surface area contributed by atoms with Crippen molar-refractivity contribution in [2.75, 3.05) is 0 Å². The Bertz CT molecular complexity index is 901. The number of rotatable bonds is 4. The van der Waals surface area contributed by atoms with Crippen LogP contribution in [-0.4, -0.2) is 5.97 Å². The van der Waals surface area contributed by atoms with E-state index in [0.29, 0.717) is 16.9 Å². The van der Waals surface area contributed by atoms with Crippen molar-refractivity contribution in [1.29, 1.82) is 5.26 Å². The van der Waals surface area contributed by atoms with Crippen molar-refractivity contribution in [1.82, 2.24) is 0 Å². The molecule has 4 nitrogen and oxygen atoms in total. The highest BCUT2D eigenvalue weighted by Crippen LogP contribution is 2.23. The van der Waals surface area contributed by atoms with Crippen LogP contribution in [0.5, 0.6) is 0 Å². The van der Waals surface area contributed by atoms with Gasteiger partial charge in [-0.15, -0.1) is 0 Å². The number of carbonyl (C=O) groups is 1. The Labute approximate surface area is 139 Å². The second kappa shape index (κ2) is 6.84. The molecule has 0 N–H and O–H groups in total. The lowest BCUT2D eigenvalue weighted by Gasteiger charge is -2.07. The molecule has 2 aromatic carbocycles. The summed E-state index contributed by atoms with van der Waals surface area (Å²) in [6.45, 7) is 1.90. The van der Waals surface area contributed by atoms with Gasteiger partial charge in [-0.25, -0.2) is 4.79 Å². The average molecular weight is 317 g/mol. The summed E-state index contributed by atoms with van der Waals surface area (Å²) in [7, 11) is 0. The van der Waals surface area contributed by atoms with E-state index in [4.69, 9.17) is 9.15 Å². The zero-order chi connectivity index (χ0) is 16.9. The molecule has 0 amide bonds. The Morgan fingerprint density at radius 1 is 1.12 bits per heavy atom. The fraction of sp³-hybridized carbons (Fsp3) is 0.100. The minimum absolute atomic E-state index is 0.184. The van der Waals surface area contributed by atoms with Crippen LogP contribution in [0.4, 0.5) is 0 Å². The Morgan fingerprint density at radius 3 is 2.54 bits per heavy atom. The number of hydrogen-bond acceptors (Lipinski definition) is 4. The van der Waals surface area contributed by atoms with Crippen LogP contribution in [0, 0.1) is 18.3 Å². The molecule has 1 heterocycles. The molecule has 118 valence electrons. The van der Waals surface area contributed by atoms with Crippen LogP contribution in [0.3, 0.4) is 0 Å². The smallest absolute Gasteiger partial charge is 0.342 e. The Balaban J connectivity index is 1.70. The van der Waals surface area contributed by atoms with E-state index in [1.165, 1.54) is 6.26 Å². The summed E-state index contributed by atoms with van der Waals surface area (Å²) >= 11 is 0. The van der Waals surface area contributed by atoms with E-state index in [9.17, 15) is 10.1 Å². The van der Waals surface area contributed by atoms with Crippen LogP contribution in [0.1, 0.15) is 27.2 Å². The molecule has 0 saturated carbocycles. The van der Waals surface area contributed by atoms with Gasteiger partial charge in [0, 0.05) is 0 Å². The first-order valence-electron chi connectivity index (χ1n) is 7.48. The van der Waals surface area contributed by atoms with Crippen molar-refractivity contribution in [2.45, 2.75) is 13.5 Å². The van der Waals surface area contributed by atoms with Gasteiger partial charge in [0.2, 0.25) is 0 Å². The second-order valence-electron chi connectivity index (χ2n) is 5.32. The van der Waals surface area contributed by atoms with Gasteiger partial charge in [0.05, 0.1) is 17.9 Å². The van der Waals surface area contributed by atoms with E-state index in [-0.39, 0.29) is 6.61 Å². The maximum Gasteiger partial charge on any atom is 0.342 e. The van der Waals surface area contributed by atoms with Crippen LogP contribution in [0.25, 0.3) is 11.1 Å². The molecular weight excluding hydrogens is 302 g/mol. The molecule has 1 aromatic heterocycles. The zero-order valence-corrected chi connectivity index (χ0v) is 13.2. The number of aryl methyl sites for hydroxylation is 1. The topological polar surface area (TPSA) is 63.2 Å². The highest BCUT2D eigenvalue weighted by Gasteiger charge is 2.13. The molecule has 0 aliphatic heterocycles. The van der Waals surface area contributed by atoms with Crippen molar-refractivity contribution < 1.29 is 13.9 Å². The van der Waals surface area contributed by atoms with E-state index in [1.54, 1.807) is 19.1 Å². The molecule has 0 aliphatic carbocycles. The molecule has 24 heavy (non-hydrogen) atoms. The summed E-state index contributed by atoms with van der Waals surface area (Å²) in [4.78, 5) is 12.0. The Kier molecular flexibility index (Phi) is 4.44. The minimum atomic E-state index is -0.403. The molecule has 4 heteroatoms. The highest BCUT2D eigenvalue weighted by atomic mass is 16.5. The molecule has 0 saturated heterocycles. The molecule has 0 radical (unpaired) electrons. The zero-order valence-electron chi connectivity index (χ0n) is 13.2. The lowest BCUT2D eigenvalue weighted by molar-refractivity contribution is 0.0470. The minimum Gasteiger partial charge on any atom is -0.469 e. The van der Waals surface area contributed by atoms with Gasteiger partial charge in [0.15, 0.2) is 0 Å². The van der Waals surface area contributed by atoms with Crippen LogP contribution in [-0.2, 0) is 11.3 Å². The maximum atomic E-state index is 12.0. The lowest BCUT2D eigenvalue weighted by atomic mass is 9.99. The summed E-state index contributed by atoms with van der Waals surface area (Å²) in [5, 5.41) is 9.18. The van der Waals surface area contributed by atoms with Crippen LogP contribution in [0.15, 0.2) is 65.3 Å². The summed E-state index contributed by atoms with van der Waals surface area (Å²) in [5.74, 6) is 0.142. The maximum absolute atomic E-state index is 12.0. The number of nitrogens with zero attached hydrogens (tertiary/aromatic N) is 1. The molecule has 0 aliphatic rings. The number of benzene rings is 2. The van der Waals surface area contributed by atoms with Crippen molar-refractivity contribution in [3.05, 3.63) is 83.3 Å². The molecule has 0 spiro atoms. The Morgan fingerprint density at radius 2 is 1.88 bits per heavy atom. The molecule has 0 bridgehead atoms. The monoisotopic (exact) mass is 317 g/mol. The summed E-state index contributed by atoms with van der Waals surface area (Å²) in [5.41, 5.74) is 3.79. The first-order valence-corrected chi connectivity index (χ1v) is 7.48. The number of nitriles is 1. The van der Waals surface area contributed by atoms with E-state index in [2.05, 4.69) is 6.07 Å². The van der Waals surface area contributed by atoms with Crippen LogP contribution < -0.4 is 0 Å². The SMILES string of the molecule is Cc1occc1C(=O)OCc1ccc(-c2ccccc2C#N)cc1. The van der Waals surface area contributed by atoms with Crippen molar-refractivity contribution in [3.8, 4) is 17.2 Å². The number of hydrogen-bond donors (Lipinski definition) is 0. The van der Waals surface area contributed by atoms with Gasteiger partial charge in [-0.3, -0.25) is 0 Å². The first-order chi connectivity index (χ1) is 11.7. The van der Waals surface area contributed by atoms with Gasteiger partial charge in [-0.05, 0) is 35.7 Å². The molecule has 0 atom stereocenters. The molecule has 3 rings (SSSR count). The summed E-state index contributed by atoms with van der Waals surface area (Å²) in [6, 6.07) is 18.8. The summed E-state index contributed by atoms with van der Waals surface area (Å²) in [6.07, 6.45) is 1.47. The standard InChI is InChI=1S/C20H15NO3/c1-14-18(10-11-23-14)20(22)24-13-15-6-8-16(9-7-15)19-5-3-2-4-17(19)12-21/h2-11H,13H2,1H3. The van der Waals surface area contributed by atoms with Gasteiger partial charge in [0.25, 0.3) is 0 Å². The van der Waals surface area contributed by atoms with Crippen molar-refractivity contribution >= 4 is 5.97 Å². The highest BCUT2D eigenvalue weighted by molar-refractivity contribution is 5.90.